The number of carboxylic acids is 1. The number of nitrogens with zero attached hydrogens (tertiary/aromatic N) is 3. The molecule has 3 N–H and O–H groups in total. The number of halogens is 3. The number of allylic oxidation sites excluding steroid dienone is 1. The Morgan fingerprint density at radius 2 is 2.06 bits per heavy atom. The maximum atomic E-state index is 12.6. The fourth-order valence-electron chi connectivity index (χ4n) is 3.45. The number of ketones is 1. The molecule has 12 heteroatoms. The monoisotopic (exact) mass is 437 g/mol. The Kier molecular flexibility index (Phi) is 5.41. The van der Waals surface area contributed by atoms with Gasteiger partial charge in [0, 0.05) is 49.5 Å². The van der Waals surface area contributed by atoms with Gasteiger partial charge in [-0.3, -0.25) is 15.1 Å². The Morgan fingerprint density at radius 3 is 2.74 bits per heavy atom. The molecule has 0 atom stereocenters. The van der Waals surface area contributed by atoms with Crippen LogP contribution in [-0.2, 0) is 14.3 Å². The number of pyridine rings is 1. The number of piperazine rings is 1. The van der Waals surface area contributed by atoms with Crippen LogP contribution in [0.5, 0.6) is 0 Å². The third-order valence-corrected chi connectivity index (χ3v) is 4.91. The number of aromatic amines is 1. The second-order valence-electron chi connectivity index (χ2n) is 7.08. The Bertz CT molecular complexity index is 1080. The number of alkyl halides is 3. The molecule has 0 radical (unpaired) electrons. The van der Waals surface area contributed by atoms with Gasteiger partial charge >= 0.3 is 12.1 Å². The van der Waals surface area contributed by atoms with E-state index in [0.717, 1.165) is 5.39 Å². The zero-order valence-corrected chi connectivity index (χ0v) is 16.1. The summed E-state index contributed by atoms with van der Waals surface area (Å²) in [5.74, 6) is -2.71. The maximum Gasteiger partial charge on any atom is 0.401 e. The minimum Gasteiger partial charge on any atom is -0.477 e. The van der Waals surface area contributed by atoms with E-state index in [-0.39, 0.29) is 37.8 Å². The van der Waals surface area contributed by atoms with Crippen LogP contribution in [0, 0.1) is 0 Å². The topological polar surface area (TPSA) is 111 Å². The lowest BCUT2D eigenvalue weighted by atomic mass is 10.1. The SMILES string of the molecule is O=C(O)C1=C(NN2CCN(CC(F)(F)F)CC2)OC(=Cc2c[nH]c3ncccc23)C1=O. The molecule has 4 rings (SSSR count). The first-order chi connectivity index (χ1) is 14.7. The van der Waals surface area contributed by atoms with Crippen LogP contribution in [0.15, 0.2) is 41.7 Å². The predicted octanol–water partition coefficient (Wildman–Crippen LogP) is 1.48. The van der Waals surface area contributed by atoms with Gasteiger partial charge in [-0.05, 0) is 18.2 Å². The lowest BCUT2D eigenvalue weighted by Gasteiger charge is -2.35. The van der Waals surface area contributed by atoms with Gasteiger partial charge in [0.25, 0.3) is 0 Å². The van der Waals surface area contributed by atoms with E-state index in [2.05, 4.69) is 15.4 Å². The van der Waals surface area contributed by atoms with Gasteiger partial charge in [-0.1, -0.05) is 0 Å². The van der Waals surface area contributed by atoms with Crippen molar-refractivity contribution in [3.05, 3.63) is 47.3 Å². The van der Waals surface area contributed by atoms with Crippen LogP contribution in [0.1, 0.15) is 5.56 Å². The summed E-state index contributed by atoms with van der Waals surface area (Å²) in [7, 11) is 0. The molecule has 0 unspecified atom stereocenters. The number of carboxylic acid groups (broad SMARTS) is 1. The number of H-pyrrole nitrogens is 1. The normalized spacial score (nSPS) is 20.0. The van der Waals surface area contributed by atoms with Crippen molar-refractivity contribution >= 4 is 28.9 Å². The first-order valence-corrected chi connectivity index (χ1v) is 9.36. The number of rotatable bonds is 5. The van der Waals surface area contributed by atoms with Crippen LogP contribution in [0.25, 0.3) is 17.1 Å². The van der Waals surface area contributed by atoms with Gasteiger partial charge in [0.15, 0.2) is 11.3 Å². The summed E-state index contributed by atoms with van der Waals surface area (Å²) in [4.78, 5) is 32.6. The molecule has 9 nitrogen and oxygen atoms in total. The fourth-order valence-corrected chi connectivity index (χ4v) is 3.45. The van der Waals surface area contributed by atoms with E-state index < -0.39 is 30.0 Å². The highest BCUT2D eigenvalue weighted by Gasteiger charge is 2.37. The lowest BCUT2D eigenvalue weighted by molar-refractivity contribution is -0.150. The summed E-state index contributed by atoms with van der Waals surface area (Å²) in [6.07, 6.45) is 0.357. The minimum absolute atomic E-state index is 0.126. The van der Waals surface area contributed by atoms with Gasteiger partial charge in [0.1, 0.15) is 5.65 Å². The van der Waals surface area contributed by atoms with E-state index in [1.807, 2.05) is 0 Å². The molecule has 1 fully saturated rings. The van der Waals surface area contributed by atoms with Crippen molar-refractivity contribution in [3.63, 3.8) is 0 Å². The quantitative estimate of drug-likeness (QED) is 0.477. The third kappa shape index (κ3) is 4.54. The molecule has 2 aliphatic rings. The summed E-state index contributed by atoms with van der Waals surface area (Å²) in [6, 6.07) is 3.51. The predicted molar refractivity (Wildman–Crippen MR) is 102 cm³/mol. The van der Waals surface area contributed by atoms with Gasteiger partial charge in [-0.15, -0.1) is 0 Å². The van der Waals surface area contributed by atoms with E-state index in [0.29, 0.717) is 11.2 Å². The number of Topliss-reactive ketones (excluding diaryl/α,β-unsaturated/α-hetero) is 1. The van der Waals surface area contributed by atoms with Crippen molar-refractivity contribution < 1.29 is 32.6 Å². The fraction of sp³-hybridized carbons (Fsp3) is 0.316. The largest absolute Gasteiger partial charge is 0.477 e. The zero-order valence-electron chi connectivity index (χ0n) is 16.1. The zero-order chi connectivity index (χ0) is 22.2. The van der Waals surface area contributed by atoms with E-state index >= 15 is 0 Å². The standard InChI is InChI=1S/C19H18F3N5O4/c20-19(21,22)10-26-4-6-27(7-5-26)25-17-14(18(29)30)15(28)13(31-17)8-11-9-24-16-12(11)2-1-3-23-16/h1-3,8-9,25H,4-7,10H2,(H,23,24)(H,29,30). The number of hydrogen-bond donors (Lipinski definition) is 3. The molecule has 0 aromatic carbocycles. The highest BCUT2D eigenvalue weighted by atomic mass is 19.4. The molecule has 2 aromatic heterocycles. The second-order valence-corrected chi connectivity index (χ2v) is 7.08. The molecular formula is C19H18F3N5O4. The number of hydrazine groups is 1. The number of hydrogen-bond acceptors (Lipinski definition) is 7. The third-order valence-electron chi connectivity index (χ3n) is 4.91. The van der Waals surface area contributed by atoms with Crippen LogP contribution in [0.2, 0.25) is 0 Å². The first kappa shape index (κ1) is 20.9. The van der Waals surface area contributed by atoms with Gasteiger partial charge in [0.05, 0.1) is 6.54 Å². The second kappa shape index (κ2) is 8.04. The smallest absolute Gasteiger partial charge is 0.401 e. The molecule has 164 valence electrons. The first-order valence-electron chi connectivity index (χ1n) is 9.36. The summed E-state index contributed by atoms with van der Waals surface area (Å²) in [5, 5.41) is 11.7. The Balaban J connectivity index is 1.49. The van der Waals surface area contributed by atoms with E-state index in [1.165, 1.54) is 16.0 Å². The van der Waals surface area contributed by atoms with E-state index in [9.17, 15) is 27.9 Å². The van der Waals surface area contributed by atoms with Crippen molar-refractivity contribution in [2.45, 2.75) is 6.18 Å². The number of aliphatic carboxylic acids is 1. The highest BCUT2D eigenvalue weighted by Crippen LogP contribution is 2.28. The number of ether oxygens (including phenoxy) is 1. The van der Waals surface area contributed by atoms with Gasteiger partial charge < -0.3 is 14.8 Å². The molecule has 0 saturated carbocycles. The Labute approximate surface area is 173 Å². The van der Waals surface area contributed by atoms with Crippen molar-refractivity contribution in [1.82, 2.24) is 25.3 Å². The molecule has 0 amide bonds. The van der Waals surface area contributed by atoms with E-state index in [1.54, 1.807) is 24.5 Å². The summed E-state index contributed by atoms with van der Waals surface area (Å²) >= 11 is 0. The molecule has 31 heavy (non-hydrogen) atoms. The molecule has 2 aromatic rings. The molecule has 1 saturated heterocycles. The molecule has 0 bridgehead atoms. The maximum absolute atomic E-state index is 12.6. The average Bonchev–Trinajstić information content (AvgIpc) is 3.24. The molecular weight excluding hydrogens is 419 g/mol. The summed E-state index contributed by atoms with van der Waals surface area (Å²) in [6.45, 7) is -0.373. The van der Waals surface area contributed by atoms with Gasteiger partial charge in [0.2, 0.25) is 11.7 Å². The van der Waals surface area contributed by atoms with Crippen LogP contribution in [-0.4, -0.2) is 75.6 Å². The summed E-state index contributed by atoms with van der Waals surface area (Å²) in [5.41, 5.74) is 3.36. The minimum atomic E-state index is -4.28. The van der Waals surface area contributed by atoms with Crippen molar-refractivity contribution in [1.29, 1.82) is 0 Å². The Hall–Kier alpha value is -3.38. The number of aromatic nitrogens is 2. The number of carbonyl (C=O) groups excluding carboxylic acids is 1. The van der Waals surface area contributed by atoms with Gasteiger partial charge in [-0.2, -0.15) is 13.2 Å². The lowest BCUT2D eigenvalue weighted by Crippen LogP contribution is -2.53. The number of fused-ring (bicyclic) bond motifs is 1. The van der Waals surface area contributed by atoms with Gasteiger partial charge in [-0.25, -0.2) is 14.8 Å². The summed E-state index contributed by atoms with van der Waals surface area (Å²) < 4.78 is 43.1. The highest BCUT2D eigenvalue weighted by molar-refractivity contribution is 6.26. The average molecular weight is 437 g/mol. The van der Waals surface area contributed by atoms with Crippen molar-refractivity contribution in [2.24, 2.45) is 0 Å². The van der Waals surface area contributed by atoms with Crippen molar-refractivity contribution in [3.8, 4) is 0 Å². The van der Waals surface area contributed by atoms with Crippen LogP contribution in [0.3, 0.4) is 0 Å². The van der Waals surface area contributed by atoms with Crippen LogP contribution >= 0.6 is 0 Å². The number of nitrogens with one attached hydrogen (secondary N) is 2. The van der Waals surface area contributed by atoms with E-state index in [4.69, 9.17) is 4.74 Å². The van der Waals surface area contributed by atoms with Crippen LogP contribution < -0.4 is 5.43 Å². The molecule has 4 heterocycles. The Morgan fingerprint density at radius 1 is 1.32 bits per heavy atom. The molecule has 2 aliphatic heterocycles. The van der Waals surface area contributed by atoms with Crippen LogP contribution in [0.4, 0.5) is 13.2 Å². The molecule has 0 spiro atoms. The number of carbonyl (C=O) groups is 2. The molecule has 0 aliphatic carbocycles. The van der Waals surface area contributed by atoms with Crippen molar-refractivity contribution in [2.75, 3.05) is 32.7 Å².